The Morgan fingerprint density at radius 1 is 1.03 bits per heavy atom. The number of benzene rings is 3. The zero-order valence-electron chi connectivity index (χ0n) is 18.4. The van der Waals surface area contributed by atoms with Crippen molar-refractivity contribution in [1.29, 1.82) is 0 Å². The Kier molecular flexibility index (Phi) is 6.17. The molecule has 0 radical (unpaired) electrons. The Morgan fingerprint density at radius 2 is 1.76 bits per heavy atom. The minimum absolute atomic E-state index is 0.0480. The first-order valence-electron chi connectivity index (χ1n) is 11.5. The van der Waals surface area contributed by atoms with E-state index in [1.165, 1.54) is 22.3 Å². The van der Waals surface area contributed by atoms with Gasteiger partial charge < -0.3 is 25.2 Å². The predicted octanol–water partition coefficient (Wildman–Crippen LogP) is 4.32. The van der Waals surface area contributed by atoms with Crippen molar-refractivity contribution in [3.05, 3.63) is 83.4 Å². The second-order valence-electron chi connectivity index (χ2n) is 8.48. The van der Waals surface area contributed by atoms with Crippen LogP contribution in [0.1, 0.15) is 29.0 Å². The molecule has 1 aliphatic heterocycles. The van der Waals surface area contributed by atoms with Crippen LogP contribution in [0.2, 0.25) is 0 Å². The van der Waals surface area contributed by atoms with E-state index in [2.05, 4.69) is 41.0 Å². The van der Waals surface area contributed by atoms with Crippen LogP contribution in [0.4, 0.5) is 10.5 Å². The lowest BCUT2D eigenvalue weighted by Gasteiger charge is -2.16. The summed E-state index contributed by atoms with van der Waals surface area (Å²) < 4.78 is 11.6. The van der Waals surface area contributed by atoms with Crippen molar-refractivity contribution in [2.24, 2.45) is 0 Å². The van der Waals surface area contributed by atoms with Gasteiger partial charge in [0.1, 0.15) is 18.5 Å². The number of fused-ring (bicyclic) bond motifs is 4. The van der Waals surface area contributed by atoms with Crippen molar-refractivity contribution < 1.29 is 19.4 Å². The van der Waals surface area contributed by atoms with Crippen LogP contribution >= 0.6 is 0 Å². The molecule has 3 N–H and O–H groups in total. The predicted molar refractivity (Wildman–Crippen MR) is 128 cm³/mol. The van der Waals surface area contributed by atoms with Crippen molar-refractivity contribution in [3.8, 4) is 16.9 Å². The van der Waals surface area contributed by atoms with Crippen molar-refractivity contribution in [1.82, 2.24) is 5.32 Å². The molecule has 1 heterocycles. The number of anilines is 1. The summed E-state index contributed by atoms with van der Waals surface area (Å²) in [4.78, 5) is 12.4. The van der Waals surface area contributed by atoms with Crippen molar-refractivity contribution >= 4 is 11.8 Å². The number of ether oxygens (including phenoxy) is 2. The number of nitrogens with one attached hydrogen (secondary N) is 2. The molecular formula is C27H28N2O4. The number of carbonyl (C=O) groups is 1. The average molecular weight is 445 g/mol. The van der Waals surface area contributed by atoms with Gasteiger partial charge in [0.2, 0.25) is 0 Å². The first kappa shape index (κ1) is 21.3. The van der Waals surface area contributed by atoms with E-state index in [1.807, 2.05) is 36.4 Å². The maximum Gasteiger partial charge on any atom is 0.407 e. The maximum atomic E-state index is 12.4. The summed E-state index contributed by atoms with van der Waals surface area (Å²) >= 11 is 0. The molecule has 0 aromatic heterocycles. The van der Waals surface area contributed by atoms with Crippen molar-refractivity contribution in [2.75, 3.05) is 31.6 Å². The van der Waals surface area contributed by atoms with E-state index in [0.29, 0.717) is 19.6 Å². The number of hydrogen-bond donors (Lipinski definition) is 3. The largest absolute Gasteiger partial charge is 0.488 e. The standard InChI is InChI=1S/C27H28N2O4/c30-13-5-12-28-19-10-11-26-18(14-19)15-20(33-26)16-29-27(31)32-17-25-23-8-3-1-6-21(23)22-7-2-4-9-24(22)25/h1-4,6-11,14,20,25,28,30H,5,12-13,15-17H2,(H,29,31). The maximum absolute atomic E-state index is 12.4. The third-order valence-corrected chi connectivity index (χ3v) is 6.28. The minimum atomic E-state index is -0.428. The van der Waals surface area contributed by atoms with E-state index in [-0.39, 0.29) is 18.6 Å². The number of aliphatic hydroxyl groups is 1. The van der Waals surface area contributed by atoms with Crippen LogP contribution < -0.4 is 15.4 Å². The number of amides is 1. The molecule has 33 heavy (non-hydrogen) atoms. The molecule has 3 aromatic carbocycles. The van der Waals surface area contributed by atoms with Gasteiger partial charge in [-0.2, -0.15) is 0 Å². The summed E-state index contributed by atoms with van der Waals surface area (Å²) in [6, 6.07) is 22.6. The van der Waals surface area contributed by atoms with Gasteiger partial charge in [0, 0.05) is 31.2 Å². The zero-order valence-corrected chi connectivity index (χ0v) is 18.4. The third kappa shape index (κ3) is 4.52. The molecule has 2 aliphatic rings. The van der Waals surface area contributed by atoms with E-state index >= 15 is 0 Å². The van der Waals surface area contributed by atoms with Gasteiger partial charge in [-0.25, -0.2) is 4.79 Å². The number of rotatable bonds is 8. The highest BCUT2D eigenvalue weighted by Crippen LogP contribution is 2.44. The molecule has 0 saturated carbocycles. The van der Waals surface area contributed by atoms with Gasteiger partial charge in [-0.15, -0.1) is 0 Å². The van der Waals surface area contributed by atoms with E-state index in [1.54, 1.807) is 0 Å². The SMILES string of the molecule is O=C(NCC1Cc2cc(NCCCO)ccc2O1)OCC1c2ccccc2-c2ccccc21. The zero-order chi connectivity index (χ0) is 22.6. The van der Waals surface area contributed by atoms with Gasteiger partial charge in [-0.3, -0.25) is 0 Å². The molecular weight excluding hydrogens is 416 g/mol. The average Bonchev–Trinajstić information content (AvgIpc) is 3.40. The monoisotopic (exact) mass is 444 g/mol. The van der Waals surface area contributed by atoms with E-state index in [0.717, 1.165) is 30.0 Å². The summed E-state index contributed by atoms with van der Waals surface area (Å²) in [6.45, 7) is 1.58. The molecule has 0 fully saturated rings. The van der Waals surface area contributed by atoms with Gasteiger partial charge in [0.15, 0.2) is 0 Å². The quantitative estimate of drug-likeness (QED) is 0.451. The van der Waals surface area contributed by atoms with Crippen LogP contribution in [0, 0.1) is 0 Å². The molecule has 6 heteroatoms. The van der Waals surface area contributed by atoms with Crippen LogP contribution in [0.5, 0.6) is 5.75 Å². The van der Waals surface area contributed by atoms with Gasteiger partial charge in [0.25, 0.3) is 0 Å². The first-order chi connectivity index (χ1) is 16.2. The molecule has 0 saturated heterocycles. The summed E-state index contributed by atoms with van der Waals surface area (Å²) in [5.41, 5.74) is 6.95. The van der Waals surface area contributed by atoms with Crippen LogP contribution in [0.25, 0.3) is 11.1 Å². The molecule has 3 aromatic rings. The second-order valence-corrected chi connectivity index (χ2v) is 8.48. The van der Waals surface area contributed by atoms with Crippen LogP contribution in [-0.4, -0.2) is 43.6 Å². The van der Waals surface area contributed by atoms with Crippen molar-refractivity contribution in [3.63, 3.8) is 0 Å². The molecule has 1 amide bonds. The summed E-state index contributed by atoms with van der Waals surface area (Å²) in [5.74, 6) is 0.897. The fraction of sp³-hybridized carbons (Fsp3) is 0.296. The normalized spacial score (nSPS) is 15.8. The Labute approximate surface area is 193 Å². The van der Waals surface area contributed by atoms with Crippen LogP contribution in [0.3, 0.4) is 0 Å². The van der Waals surface area contributed by atoms with E-state index in [4.69, 9.17) is 14.6 Å². The van der Waals surface area contributed by atoms with Crippen LogP contribution in [0.15, 0.2) is 66.7 Å². The van der Waals surface area contributed by atoms with E-state index in [9.17, 15) is 4.79 Å². The number of alkyl carbamates (subject to hydrolysis) is 1. The topological polar surface area (TPSA) is 79.8 Å². The fourth-order valence-corrected chi connectivity index (χ4v) is 4.70. The summed E-state index contributed by atoms with van der Waals surface area (Å²) in [5, 5.41) is 15.1. The minimum Gasteiger partial charge on any atom is -0.488 e. The van der Waals surface area contributed by atoms with Gasteiger partial charge in [-0.05, 0) is 52.4 Å². The molecule has 0 spiro atoms. The molecule has 0 bridgehead atoms. The second kappa shape index (κ2) is 9.55. The summed E-state index contributed by atoms with van der Waals surface area (Å²) in [7, 11) is 0. The fourth-order valence-electron chi connectivity index (χ4n) is 4.70. The Morgan fingerprint density at radius 3 is 2.48 bits per heavy atom. The third-order valence-electron chi connectivity index (χ3n) is 6.28. The molecule has 6 nitrogen and oxygen atoms in total. The highest BCUT2D eigenvalue weighted by atomic mass is 16.5. The lowest BCUT2D eigenvalue weighted by atomic mass is 9.98. The van der Waals surface area contributed by atoms with Gasteiger partial charge in [0.05, 0.1) is 6.54 Å². The van der Waals surface area contributed by atoms with E-state index < -0.39 is 6.09 Å². The highest BCUT2D eigenvalue weighted by molar-refractivity contribution is 5.79. The number of hydrogen-bond acceptors (Lipinski definition) is 5. The Balaban J connectivity index is 1.13. The molecule has 1 unspecified atom stereocenters. The Bertz CT molecular complexity index is 1100. The Hall–Kier alpha value is -3.51. The lowest BCUT2D eigenvalue weighted by Crippen LogP contribution is -2.35. The van der Waals surface area contributed by atoms with Gasteiger partial charge in [-0.1, -0.05) is 48.5 Å². The lowest BCUT2D eigenvalue weighted by molar-refractivity contribution is 0.136. The molecule has 170 valence electrons. The number of carbonyl (C=O) groups excluding carboxylic acids is 1. The highest BCUT2D eigenvalue weighted by Gasteiger charge is 2.29. The first-order valence-corrected chi connectivity index (χ1v) is 11.5. The smallest absolute Gasteiger partial charge is 0.407 e. The summed E-state index contributed by atoms with van der Waals surface area (Å²) in [6.07, 6.45) is 0.894. The molecule has 1 atom stereocenters. The molecule has 5 rings (SSSR count). The number of aliphatic hydroxyl groups excluding tert-OH is 1. The van der Waals surface area contributed by atoms with Gasteiger partial charge >= 0.3 is 6.09 Å². The molecule has 1 aliphatic carbocycles. The van der Waals surface area contributed by atoms with Crippen LogP contribution in [-0.2, 0) is 11.2 Å². The van der Waals surface area contributed by atoms with Crippen molar-refractivity contribution in [2.45, 2.75) is 24.9 Å².